The molecule has 1 N–H and O–H groups in total. The van der Waals surface area contributed by atoms with Crippen LogP contribution in [0, 0.1) is 5.92 Å². The largest absolute Gasteiger partial charge is 0.508 e. The van der Waals surface area contributed by atoms with Crippen molar-refractivity contribution in [2.24, 2.45) is 5.92 Å². The molecule has 0 saturated carbocycles. The first kappa shape index (κ1) is 17.3. The van der Waals surface area contributed by atoms with Crippen molar-refractivity contribution < 1.29 is 5.11 Å². The zero-order chi connectivity index (χ0) is 14.0. The number of hydrogen-bond donors (Lipinski definition) is 1. The minimum absolute atomic E-state index is 0. The van der Waals surface area contributed by atoms with Crippen LogP contribution < -0.4 is 0 Å². The summed E-state index contributed by atoms with van der Waals surface area (Å²) in [5.74, 6) is 1.02. The molecule has 3 heteroatoms. The lowest BCUT2D eigenvalue weighted by Gasteiger charge is -2.49. The lowest BCUT2D eigenvalue weighted by atomic mass is 9.62. The van der Waals surface area contributed by atoms with Crippen LogP contribution in [0.4, 0.5) is 0 Å². The van der Waals surface area contributed by atoms with Crippen molar-refractivity contribution in [2.75, 3.05) is 13.6 Å². The van der Waals surface area contributed by atoms with Crippen molar-refractivity contribution in [3.63, 3.8) is 0 Å². The third-order valence-corrected chi connectivity index (χ3v) is 5.03. The molecule has 2 rings (SSSR count). The summed E-state index contributed by atoms with van der Waals surface area (Å²) in [5, 5.41) is 9.82. The first-order chi connectivity index (χ1) is 8.99. The highest BCUT2D eigenvalue weighted by Gasteiger charge is 2.43. The van der Waals surface area contributed by atoms with E-state index < -0.39 is 0 Å². The van der Waals surface area contributed by atoms with Gasteiger partial charge in [0, 0.05) is 18.0 Å². The van der Waals surface area contributed by atoms with Crippen LogP contribution in [0.1, 0.15) is 45.6 Å². The second-order valence-electron chi connectivity index (χ2n) is 6.35. The zero-order valence-electron chi connectivity index (χ0n) is 13.1. The van der Waals surface area contributed by atoms with Gasteiger partial charge in [-0.25, -0.2) is 0 Å². The molecule has 20 heavy (non-hydrogen) atoms. The molecule has 114 valence electrons. The van der Waals surface area contributed by atoms with Crippen molar-refractivity contribution in [2.45, 2.75) is 51.5 Å². The normalized spacial score (nSPS) is 30.8. The number of aromatic hydroxyl groups is 1. The van der Waals surface area contributed by atoms with E-state index in [4.69, 9.17) is 0 Å². The number of phenolic OH excluding ortho intramolecular Hbond substituents is 1. The third kappa shape index (κ3) is 3.12. The molecule has 0 spiro atoms. The summed E-state index contributed by atoms with van der Waals surface area (Å²) in [6.07, 6.45) is 3.58. The maximum Gasteiger partial charge on any atom is 0.115 e. The molecule has 1 aromatic rings. The number of likely N-dealkylation sites (tertiary alicyclic amines) is 1. The Kier molecular flexibility index (Phi) is 5.91. The maximum atomic E-state index is 9.82. The molecule has 1 aliphatic heterocycles. The molecule has 3 atom stereocenters. The van der Waals surface area contributed by atoms with Crippen LogP contribution in [0.5, 0.6) is 5.75 Å². The molecule has 2 nitrogen and oxygen atoms in total. The lowest BCUT2D eigenvalue weighted by Crippen LogP contribution is -2.51. The van der Waals surface area contributed by atoms with Gasteiger partial charge in [-0.15, -0.1) is 12.4 Å². The van der Waals surface area contributed by atoms with Gasteiger partial charge in [0.05, 0.1) is 0 Å². The van der Waals surface area contributed by atoms with Crippen molar-refractivity contribution in [1.82, 2.24) is 4.90 Å². The molecule has 0 bridgehead atoms. The first-order valence-electron chi connectivity index (χ1n) is 7.49. The predicted molar refractivity (Wildman–Crippen MR) is 87.8 cm³/mol. The van der Waals surface area contributed by atoms with Gasteiger partial charge in [-0.3, -0.25) is 0 Å². The predicted octanol–water partition coefficient (Wildman–Crippen LogP) is 4.21. The maximum absolute atomic E-state index is 9.82. The first-order valence-corrected chi connectivity index (χ1v) is 7.49. The number of benzene rings is 1. The molecular formula is C17H28ClNO. The number of rotatable bonds is 3. The Morgan fingerprint density at radius 2 is 2.05 bits per heavy atom. The van der Waals surface area contributed by atoms with E-state index in [1.807, 2.05) is 12.1 Å². The van der Waals surface area contributed by atoms with Gasteiger partial charge in [-0.05, 0) is 50.4 Å². The molecule has 1 aromatic carbocycles. The average molecular weight is 298 g/mol. The highest BCUT2D eigenvalue weighted by molar-refractivity contribution is 5.85. The molecule has 1 fully saturated rings. The molecule has 3 unspecified atom stereocenters. The summed E-state index contributed by atoms with van der Waals surface area (Å²) in [5.41, 5.74) is 1.54. The highest BCUT2D eigenvalue weighted by Crippen LogP contribution is 2.45. The van der Waals surface area contributed by atoms with E-state index in [1.165, 1.54) is 24.8 Å². The van der Waals surface area contributed by atoms with Crippen LogP contribution in [0.15, 0.2) is 24.3 Å². The fourth-order valence-electron chi connectivity index (χ4n) is 3.83. The minimum atomic E-state index is 0. The van der Waals surface area contributed by atoms with Crippen LogP contribution >= 0.6 is 12.4 Å². The number of hydrogen-bond acceptors (Lipinski definition) is 2. The number of phenols is 1. The van der Waals surface area contributed by atoms with Crippen molar-refractivity contribution >= 4 is 12.4 Å². The van der Waals surface area contributed by atoms with E-state index in [1.54, 1.807) is 6.07 Å². The van der Waals surface area contributed by atoms with E-state index in [2.05, 4.69) is 38.8 Å². The van der Waals surface area contributed by atoms with Gasteiger partial charge in [0.2, 0.25) is 0 Å². The molecule has 1 heterocycles. The molecule has 0 aromatic heterocycles. The number of piperidine rings is 1. The van der Waals surface area contributed by atoms with E-state index in [0.717, 1.165) is 6.54 Å². The fourth-order valence-corrected chi connectivity index (χ4v) is 3.83. The molecule has 1 aliphatic rings. The van der Waals surface area contributed by atoms with Gasteiger partial charge in [-0.2, -0.15) is 0 Å². The SMILES string of the molecule is CCCC1(c2cccc(O)c2)CC(C)N(C)CC1C.Cl. The smallest absolute Gasteiger partial charge is 0.115 e. The van der Waals surface area contributed by atoms with Crippen LogP contribution in [-0.2, 0) is 5.41 Å². The summed E-state index contributed by atoms with van der Waals surface area (Å²) in [6, 6.07) is 8.53. The highest BCUT2D eigenvalue weighted by atomic mass is 35.5. The van der Waals surface area contributed by atoms with Crippen LogP contribution in [0.3, 0.4) is 0 Å². The van der Waals surface area contributed by atoms with Gasteiger partial charge in [-0.1, -0.05) is 32.4 Å². The Balaban J connectivity index is 0.00000200. The Labute approximate surface area is 129 Å². The Morgan fingerprint density at radius 3 is 2.65 bits per heavy atom. The van der Waals surface area contributed by atoms with Crippen molar-refractivity contribution in [3.05, 3.63) is 29.8 Å². The van der Waals surface area contributed by atoms with Crippen molar-refractivity contribution in [3.8, 4) is 5.75 Å². The second-order valence-corrected chi connectivity index (χ2v) is 6.35. The molecular weight excluding hydrogens is 270 g/mol. The van der Waals surface area contributed by atoms with Gasteiger partial charge in [0.25, 0.3) is 0 Å². The van der Waals surface area contributed by atoms with E-state index in [9.17, 15) is 5.11 Å². The Hall–Kier alpha value is -0.730. The summed E-state index contributed by atoms with van der Waals surface area (Å²) < 4.78 is 0. The van der Waals surface area contributed by atoms with E-state index >= 15 is 0 Å². The molecule has 1 saturated heterocycles. The summed E-state index contributed by atoms with van der Waals surface area (Å²) >= 11 is 0. The summed E-state index contributed by atoms with van der Waals surface area (Å²) in [4.78, 5) is 2.46. The van der Waals surface area contributed by atoms with E-state index in [0.29, 0.717) is 17.7 Å². The summed E-state index contributed by atoms with van der Waals surface area (Å²) in [7, 11) is 2.22. The van der Waals surface area contributed by atoms with E-state index in [-0.39, 0.29) is 17.8 Å². The lowest BCUT2D eigenvalue weighted by molar-refractivity contribution is 0.0683. The number of halogens is 1. The average Bonchev–Trinajstić information content (AvgIpc) is 2.36. The standard InChI is InChI=1S/C17H27NO.ClH/c1-5-9-17(15-7-6-8-16(19)10-15)11-14(3)18(4)12-13(17)2;/h6-8,10,13-14,19H,5,9,11-12H2,1-4H3;1H. The topological polar surface area (TPSA) is 23.5 Å². The third-order valence-electron chi connectivity index (χ3n) is 5.03. The molecule has 0 amide bonds. The van der Waals surface area contributed by atoms with Gasteiger partial charge in [0.1, 0.15) is 5.75 Å². The van der Waals surface area contributed by atoms with Crippen LogP contribution in [-0.4, -0.2) is 29.6 Å². The van der Waals surface area contributed by atoms with Crippen molar-refractivity contribution in [1.29, 1.82) is 0 Å². The Morgan fingerprint density at radius 1 is 1.35 bits per heavy atom. The van der Waals surface area contributed by atoms with Gasteiger partial charge >= 0.3 is 0 Å². The second kappa shape index (κ2) is 6.82. The Bertz CT molecular complexity index is 437. The van der Waals surface area contributed by atoms with Crippen LogP contribution in [0.2, 0.25) is 0 Å². The fraction of sp³-hybridized carbons (Fsp3) is 0.647. The number of nitrogens with zero attached hydrogens (tertiary/aromatic N) is 1. The summed E-state index contributed by atoms with van der Waals surface area (Å²) in [6.45, 7) is 8.08. The van der Waals surface area contributed by atoms with Gasteiger partial charge in [0.15, 0.2) is 0 Å². The van der Waals surface area contributed by atoms with Gasteiger partial charge < -0.3 is 10.0 Å². The van der Waals surface area contributed by atoms with Crippen LogP contribution in [0.25, 0.3) is 0 Å². The monoisotopic (exact) mass is 297 g/mol. The molecule has 0 radical (unpaired) electrons. The molecule has 0 aliphatic carbocycles. The minimum Gasteiger partial charge on any atom is -0.508 e. The zero-order valence-corrected chi connectivity index (χ0v) is 13.9. The quantitative estimate of drug-likeness (QED) is 0.903.